The van der Waals surface area contributed by atoms with Crippen LogP contribution in [0.2, 0.25) is 0 Å². The topological polar surface area (TPSA) is 63.7 Å². The number of thiazole rings is 1. The first kappa shape index (κ1) is 14.8. The monoisotopic (exact) mass is 319 g/mol. The number of morpholine rings is 1. The van der Waals surface area contributed by atoms with Gasteiger partial charge in [-0.05, 0) is 24.3 Å². The van der Waals surface area contributed by atoms with Crippen molar-refractivity contribution < 1.29 is 14.3 Å². The van der Waals surface area contributed by atoms with Crippen molar-refractivity contribution in [3.63, 3.8) is 0 Å². The maximum Gasteiger partial charge on any atom is 0.273 e. The predicted octanol–water partition coefficient (Wildman–Crippen LogP) is 2.37. The Labute approximate surface area is 132 Å². The molecule has 0 spiro atoms. The highest BCUT2D eigenvalue weighted by molar-refractivity contribution is 7.14. The minimum absolute atomic E-state index is 0.0395. The van der Waals surface area contributed by atoms with Gasteiger partial charge in [0.25, 0.3) is 5.91 Å². The number of benzene rings is 1. The number of amides is 1. The van der Waals surface area contributed by atoms with Crippen molar-refractivity contribution in [3.05, 3.63) is 35.3 Å². The van der Waals surface area contributed by atoms with Crippen LogP contribution in [-0.2, 0) is 4.74 Å². The van der Waals surface area contributed by atoms with E-state index in [1.807, 2.05) is 24.3 Å². The van der Waals surface area contributed by atoms with Gasteiger partial charge in [0.1, 0.15) is 11.4 Å². The number of carbonyl (C=O) groups is 1. The lowest BCUT2D eigenvalue weighted by molar-refractivity contribution is 0.0299. The van der Waals surface area contributed by atoms with E-state index < -0.39 is 0 Å². The summed E-state index contributed by atoms with van der Waals surface area (Å²) in [4.78, 5) is 18.5. The van der Waals surface area contributed by atoms with E-state index in [4.69, 9.17) is 9.47 Å². The SMILES string of the molecule is COc1ccc(Nc2nc(C(=O)N3CCOCC3)cs2)cc1. The van der Waals surface area contributed by atoms with Gasteiger partial charge >= 0.3 is 0 Å². The number of aromatic nitrogens is 1. The van der Waals surface area contributed by atoms with Crippen molar-refractivity contribution in [3.8, 4) is 5.75 Å². The third-order valence-corrected chi connectivity index (χ3v) is 4.12. The van der Waals surface area contributed by atoms with Gasteiger partial charge in [-0.3, -0.25) is 4.79 Å². The fourth-order valence-corrected chi connectivity index (χ4v) is 2.86. The molecule has 2 aromatic rings. The Hall–Kier alpha value is -2.12. The second-order valence-corrected chi connectivity index (χ2v) is 5.65. The molecule has 1 saturated heterocycles. The summed E-state index contributed by atoms with van der Waals surface area (Å²) in [6.07, 6.45) is 0. The standard InChI is InChI=1S/C15H17N3O3S/c1-20-12-4-2-11(3-5-12)16-15-17-13(10-22-15)14(19)18-6-8-21-9-7-18/h2-5,10H,6-9H2,1H3,(H,16,17). The zero-order valence-electron chi connectivity index (χ0n) is 12.2. The fourth-order valence-electron chi connectivity index (χ4n) is 2.16. The van der Waals surface area contributed by atoms with Gasteiger partial charge in [-0.2, -0.15) is 0 Å². The number of ether oxygens (including phenoxy) is 2. The summed E-state index contributed by atoms with van der Waals surface area (Å²) in [7, 11) is 1.63. The maximum atomic E-state index is 12.3. The van der Waals surface area contributed by atoms with E-state index in [9.17, 15) is 4.79 Å². The van der Waals surface area contributed by atoms with Crippen LogP contribution in [0.15, 0.2) is 29.6 Å². The van der Waals surface area contributed by atoms with Crippen LogP contribution in [0.25, 0.3) is 0 Å². The molecular formula is C15H17N3O3S. The van der Waals surface area contributed by atoms with E-state index in [-0.39, 0.29) is 5.91 Å². The Morgan fingerprint density at radius 3 is 2.73 bits per heavy atom. The molecule has 0 aliphatic carbocycles. The molecule has 2 heterocycles. The highest BCUT2D eigenvalue weighted by atomic mass is 32.1. The van der Waals surface area contributed by atoms with Gasteiger partial charge in [0.15, 0.2) is 5.13 Å². The average Bonchev–Trinajstić information content (AvgIpc) is 3.04. The van der Waals surface area contributed by atoms with E-state index in [1.54, 1.807) is 17.4 Å². The Kier molecular flexibility index (Phi) is 4.55. The fraction of sp³-hybridized carbons (Fsp3) is 0.333. The molecule has 1 fully saturated rings. The molecule has 0 unspecified atom stereocenters. The zero-order valence-corrected chi connectivity index (χ0v) is 13.1. The van der Waals surface area contributed by atoms with Crippen molar-refractivity contribution in [1.82, 2.24) is 9.88 Å². The van der Waals surface area contributed by atoms with Crippen LogP contribution in [0.1, 0.15) is 10.5 Å². The molecule has 1 aromatic carbocycles. The number of hydrogen-bond acceptors (Lipinski definition) is 6. The van der Waals surface area contributed by atoms with E-state index in [2.05, 4.69) is 10.3 Å². The van der Waals surface area contributed by atoms with Gasteiger partial charge in [-0.1, -0.05) is 0 Å². The highest BCUT2D eigenvalue weighted by Crippen LogP contribution is 2.23. The number of hydrogen-bond donors (Lipinski definition) is 1. The molecule has 1 aromatic heterocycles. The van der Waals surface area contributed by atoms with Crippen molar-refractivity contribution in [2.75, 3.05) is 38.7 Å². The highest BCUT2D eigenvalue weighted by Gasteiger charge is 2.20. The molecule has 0 radical (unpaired) electrons. The smallest absolute Gasteiger partial charge is 0.273 e. The molecule has 6 nitrogen and oxygen atoms in total. The van der Waals surface area contributed by atoms with E-state index in [0.717, 1.165) is 11.4 Å². The largest absolute Gasteiger partial charge is 0.497 e. The molecular weight excluding hydrogens is 302 g/mol. The summed E-state index contributed by atoms with van der Waals surface area (Å²) in [5, 5.41) is 5.67. The van der Waals surface area contributed by atoms with Gasteiger partial charge in [-0.25, -0.2) is 4.98 Å². The first-order valence-electron chi connectivity index (χ1n) is 7.00. The lowest BCUT2D eigenvalue weighted by Gasteiger charge is -2.25. The van der Waals surface area contributed by atoms with Crippen molar-refractivity contribution in [1.29, 1.82) is 0 Å². The van der Waals surface area contributed by atoms with Crippen molar-refractivity contribution in [2.45, 2.75) is 0 Å². The number of methoxy groups -OCH3 is 1. The number of nitrogens with zero attached hydrogens (tertiary/aromatic N) is 2. The van der Waals surface area contributed by atoms with Gasteiger partial charge in [0.05, 0.1) is 20.3 Å². The van der Waals surface area contributed by atoms with Gasteiger partial charge in [0.2, 0.25) is 0 Å². The molecule has 3 rings (SSSR count). The number of anilines is 2. The summed E-state index contributed by atoms with van der Waals surface area (Å²) < 4.78 is 10.4. The minimum Gasteiger partial charge on any atom is -0.497 e. The van der Waals surface area contributed by atoms with Crippen LogP contribution in [-0.4, -0.2) is 49.2 Å². The van der Waals surface area contributed by atoms with E-state index in [0.29, 0.717) is 37.1 Å². The van der Waals surface area contributed by atoms with Crippen LogP contribution in [0, 0.1) is 0 Å². The summed E-state index contributed by atoms with van der Waals surface area (Å²) >= 11 is 1.41. The third kappa shape index (κ3) is 3.37. The molecule has 116 valence electrons. The van der Waals surface area contributed by atoms with Gasteiger partial charge < -0.3 is 19.7 Å². The van der Waals surface area contributed by atoms with Crippen LogP contribution in [0.4, 0.5) is 10.8 Å². The van der Waals surface area contributed by atoms with Crippen LogP contribution in [0.3, 0.4) is 0 Å². The Morgan fingerprint density at radius 1 is 1.32 bits per heavy atom. The van der Waals surface area contributed by atoms with Crippen molar-refractivity contribution >= 4 is 28.1 Å². The number of nitrogens with one attached hydrogen (secondary N) is 1. The Balaban J connectivity index is 1.66. The second kappa shape index (κ2) is 6.76. The minimum atomic E-state index is -0.0395. The quantitative estimate of drug-likeness (QED) is 0.937. The summed E-state index contributed by atoms with van der Waals surface area (Å²) in [6, 6.07) is 7.55. The molecule has 1 amide bonds. The van der Waals surface area contributed by atoms with E-state index in [1.165, 1.54) is 11.3 Å². The second-order valence-electron chi connectivity index (χ2n) is 4.80. The van der Waals surface area contributed by atoms with Crippen molar-refractivity contribution in [2.24, 2.45) is 0 Å². The number of carbonyl (C=O) groups excluding carboxylic acids is 1. The molecule has 0 atom stereocenters. The summed E-state index contributed by atoms with van der Waals surface area (Å²) in [5.41, 5.74) is 1.38. The third-order valence-electron chi connectivity index (χ3n) is 3.36. The normalized spacial score (nSPS) is 14.7. The maximum absolute atomic E-state index is 12.3. The van der Waals surface area contributed by atoms with Crippen LogP contribution >= 0.6 is 11.3 Å². The van der Waals surface area contributed by atoms with Crippen LogP contribution in [0.5, 0.6) is 5.75 Å². The molecule has 0 bridgehead atoms. The summed E-state index contributed by atoms with van der Waals surface area (Å²) in [5.74, 6) is 0.759. The predicted molar refractivity (Wildman–Crippen MR) is 85.1 cm³/mol. The van der Waals surface area contributed by atoms with E-state index >= 15 is 0 Å². The Morgan fingerprint density at radius 2 is 2.05 bits per heavy atom. The molecule has 7 heteroatoms. The van der Waals surface area contributed by atoms with Gasteiger partial charge in [-0.15, -0.1) is 11.3 Å². The van der Waals surface area contributed by atoms with Gasteiger partial charge in [0, 0.05) is 24.2 Å². The van der Waals surface area contributed by atoms with Crippen LogP contribution < -0.4 is 10.1 Å². The Bertz CT molecular complexity index is 636. The first-order valence-corrected chi connectivity index (χ1v) is 7.88. The molecule has 1 aliphatic heterocycles. The zero-order chi connectivity index (χ0) is 15.4. The average molecular weight is 319 g/mol. The molecule has 0 saturated carbocycles. The molecule has 1 N–H and O–H groups in total. The first-order chi connectivity index (χ1) is 10.8. The number of rotatable bonds is 4. The lowest BCUT2D eigenvalue weighted by Crippen LogP contribution is -2.40. The molecule has 1 aliphatic rings. The lowest BCUT2D eigenvalue weighted by atomic mass is 10.3. The summed E-state index contributed by atoms with van der Waals surface area (Å²) in [6.45, 7) is 2.43. The molecule has 22 heavy (non-hydrogen) atoms.